The second-order valence-electron chi connectivity index (χ2n) is 2.78. The van der Waals surface area contributed by atoms with Crippen molar-refractivity contribution in [3.63, 3.8) is 0 Å². The van der Waals surface area contributed by atoms with Crippen LogP contribution in [0.2, 0.25) is 0 Å². The summed E-state index contributed by atoms with van der Waals surface area (Å²) in [5, 5.41) is 8.60. The second kappa shape index (κ2) is 5.09. The van der Waals surface area contributed by atoms with Crippen LogP contribution in [0, 0.1) is 0 Å². The van der Waals surface area contributed by atoms with E-state index in [4.69, 9.17) is 11.0 Å². The summed E-state index contributed by atoms with van der Waals surface area (Å²) in [6.07, 6.45) is -0.752. The molecule has 1 aromatic carbocycles. The van der Waals surface area contributed by atoms with E-state index < -0.39 is 12.1 Å². The number of aliphatic carboxylic acids is 1. The van der Waals surface area contributed by atoms with Crippen LogP contribution in [0.25, 0.3) is 0 Å². The van der Waals surface area contributed by atoms with Crippen LogP contribution in [0.15, 0.2) is 28.7 Å². The lowest BCUT2D eigenvalue weighted by atomic mass is 10.1. The van der Waals surface area contributed by atoms with Gasteiger partial charge in [-0.05, 0) is 17.7 Å². The number of carboxylic acid groups (broad SMARTS) is 1. The van der Waals surface area contributed by atoms with Crippen molar-refractivity contribution in [1.82, 2.24) is 0 Å². The Hall–Kier alpha value is -0.910. The topological polar surface area (TPSA) is 72.5 Å². The van der Waals surface area contributed by atoms with E-state index in [0.29, 0.717) is 0 Å². The smallest absolute Gasteiger partial charge is 0.306 e. The first-order valence-electron chi connectivity index (χ1n) is 3.96. The van der Waals surface area contributed by atoms with Crippen LogP contribution >= 0.6 is 15.9 Å². The van der Waals surface area contributed by atoms with Crippen molar-refractivity contribution in [2.24, 2.45) is 5.90 Å². The van der Waals surface area contributed by atoms with Crippen molar-refractivity contribution in [2.75, 3.05) is 0 Å². The third kappa shape index (κ3) is 3.10. The van der Waals surface area contributed by atoms with E-state index in [0.717, 1.165) is 10.0 Å². The van der Waals surface area contributed by atoms with Gasteiger partial charge in [0.25, 0.3) is 0 Å². The van der Waals surface area contributed by atoms with Gasteiger partial charge in [-0.1, -0.05) is 28.1 Å². The summed E-state index contributed by atoms with van der Waals surface area (Å²) in [4.78, 5) is 15.1. The Morgan fingerprint density at radius 3 is 2.86 bits per heavy atom. The zero-order chi connectivity index (χ0) is 10.6. The molecule has 0 bridgehead atoms. The molecule has 0 aliphatic rings. The molecule has 0 saturated carbocycles. The Morgan fingerprint density at radius 1 is 1.64 bits per heavy atom. The van der Waals surface area contributed by atoms with E-state index in [1.165, 1.54) is 0 Å². The van der Waals surface area contributed by atoms with E-state index in [1.54, 1.807) is 18.2 Å². The number of benzene rings is 1. The lowest BCUT2D eigenvalue weighted by molar-refractivity contribution is -0.140. The maximum absolute atomic E-state index is 10.5. The summed E-state index contributed by atoms with van der Waals surface area (Å²) in [6, 6.07) is 7.19. The molecule has 4 nitrogen and oxygen atoms in total. The number of halogens is 1. The summed E-state index contributed by atoms with van der Waals surface area (Å²) >= 11 is 3.28. The van der Waals surface area contributed by atoms with Crippen molar-refractivity contribution < 1.29 is 14.7 Å². The first-order valence-corrected chi connectivity index (χ1v) is 4.75. The maximum atomic E-state index is 10.5. The monoisotopic (exact) mass is 259 g/mol. The number of carboxylic acids is 1. The minimum absolute atomic E-state index is 0.146. The fraction of sp³-hybridized carbons (Fsp3) is 0.222. The molecular formula is C9H10BrNO3. The molecule has 0 aromatic heterocycles. The number of nitrogens with two attached hydrogens (primary N) is 1. The lowest BCUT2D eigenvalue weighted by Gasteiger charge is -2.12. The molecule has 1 unspecified atom stereocenters. The van der Waals surface area contributed by atoms with Gasteiger partial charge in [0, 0.05) is 4.47 Å². The number of rotatable bonds is 4. The van der Waals surface area contributed by atoms with Crippen LogP contribution in [0.3, 0.4) is 0 Å². The van der Waals surface area contributed by atoms with Crippen LogP contribution in [-0.2, 0) is 9.63 Å². The van der Waals surface area contributed by atoms with Gasteiger partial charge in [0.2, 0.25) is 0 Å². The molecule has 0 aliphatic carbocycles. The van der Waals surface area contributed by atoms with Gasteiger partial charge in [0.05, 0.1) is 6.42 Å². The molecule has 76 valence electrons. The van der Waals surface area contributed by atoms with Crippen molar-refractivity contribution in [2.45, 2.75) is 12.5 Å². The van der Waals surface area contributed by atoms with Crippen LogP contribution in [-0.4, -0.2) is 11.1 Å². The molecular weight excluding hydrogens is 250 g/mol. The molecule has 1 aromatic rings. The van der Waals surface area contributed by atoms with Gasteiger partial charge >= 0.3 is 5.97 Å². The molecule has 0 saturated heterocycles. The highest BCUT2D eigenvalue weighted by Crippen LogP contribution is 2.22. The van der Waals surface area contributed by atoms with Gasteiger partial charge in [0.15, 0.2) is 0 Å². The van der Waals surface area contributed by atoms with Crippen LogP contribution in [0.1, 0.15) is 18.1 Å². The summed E-state index contributed by atoms with van der Waals surface area (Å²) < 4.78 is 0.863. The molecule has 3 N–H and O–H groups in total. The average Bonchev–Trinajstić information content (AvgIpc) is 2.14. The molecule has 0 heterocycles. The normalized spacial score (nSPS) is 12.4. The Morgan fingerprint density at radius 2 is 2.36 bits per heavy atom. The van der Waals surface area contributed by atoms with E-state index in [2.05, 4.69) is 20.8 Å². The van der Waals surface area contributed by atoms with Gasteiger partial charge in [-0.3, -0.25) is 9.63 Å². The molecule has 14 heavy (non-hydrogen) atoms. The molecule has 0 amide bonds. The minimum Gasteiger partial charge on any atom is -0.481 e. The highest BCUT2D eigenvalue weighted by Gasteiger charge is 2.15. The summed E-state index contributed by atoms with van der Waals surface area (Å²) in [5.74, 6) is 4.08. The Kier molecular flexibility index (Phi) is 4.06. The first-order chi connectivity index (χ1) is 6.63. The molecule has 0 fully saturated rings. The van der Waals surface area contributed by atoms with Crippen molar-refractivity contribution >= 4 is 21.9 Å². The van der Waals surface area contributed by atoms with Gasteiger partial charge < -0.3 is 5.11 Å². The second-order valence-corrected chi connectivity index (χ2v) is 3.69. The number of hydrogen-bond donors (Lipinski definition) is 2. The molecule has 0 spiro atoms. The van der Waals surface area contributed by atoms with Crippen molar-refractivity contribution in [3.05, 3.63) is 34.3 Å². The molecule has 5 heteroatoms. The van der Waals surface area contributed by atoms with Crippen molar-refractivity contribution in [1.29, 1.82) is 0 Å². The first kappa shape index (κ1) is 11.2. The van der Waals surface area contributed by atoms with Gasteiger partial charge in [-0.15, -0.1) is 0 Å². The highest BCUT2D eigenvalue weighted by molar-refractivity contribution is 9.10. The third-order valence-corrected chi connectivity index (χ3v) is 2.24. The molecule has 1 atom stereocenters. The number of carbonyl (C=O) groups is 1. The maximum Gasteiger partial charge on any atom is 0.306 e. The molecule has 1 rings (SSSR count). The standard InChI is InChI=1S/C9H10BrNO3/c10-7-3-1-2-6(4-7)8(14-11)5-9(12)13/h1-4,8H,5,11H2,(H,12,13). The lowest BCUT2D eigenvalue weighted by Crippen LogP contribution is -2.13. The van der Waals surface area contributed by atoms with Gasteiger partial charge in [0.1, 0.15) is 6.10 Å². The fourth-order valence-electron chi connectivity index (χ4n) is 1.11. The third-order valence-electron chi connectivity index (χ3n) is 1.74. The largest absolute Gasteiger partial charge is 0.481 e. The Balaban J connectivity index is 2.83. The van der Waals surface area contributed by atoms with E-state index in [-0.39, 0.29) is 6.42 Å². The molecule has 0 radical (unpaired) electrons. The van der Waals surface area contributed by atoms with Gasteiger partial charge in [-0.25, -0.2) is 5.90 Å². The van der Waals surface area contributed by atoms with Crippen LogP contribution in [0.4, 0.5) is 0 Å². The predicted molar refractivity (Wildman–Crippen MR) is 54.4 cm³/mol. The van der Waals surface area contributed by atoms with Crippen molar-refractivity contribution in [3.8, 4) is 0 Å². The van der Waals surface area contributed by atoms with Crippen LogP contribution in [0.5, 0.6) is 0 Å². The Labute approximate surface area is 89.8 Å². The van der Waals surface area contributed by atoms with E-state index >= 15 is 0 Å². The summed E-state index contributed by atoms with van der Waals surface area (Å²) in [6.45, 7) is 0. The summed E-state index contributed by atoms with van der Waals surface area (Å²) in [7, 11) is 0. The highest BCUT2D eigenvalue weighted by atomic mass is 79.9. The summed E-state index contributed by atoms with van der Waals surface area (Å²) in [5.41, 5.74) is 0.740. The zero-order valence-electron chi connectivity index (χ0n) is 7.31. The van der Waals surface area contributed by atoms with Gasteiger partial charge in [-0.2, -0.15) is 0 Å². The zero-order valence-corrected chi connectivity index (χ0v) is 8.90. The molecule has 0 aliphatic heterocycles. The quantitative estimate of drug-likeness (QED) is 0.810. The SMILES string of the molecule is NOC(CC(=O)O)c1cccc(Br)c1. The minimum atomic E-state index is -0.944. The Bertz CT molecular complexity index is 330. The van der Waals surface area contributed by atoms with E-state index in [1.807, 2.05) is 6.07 Å². The average molecular weight is 260 g/mol. The fourth-order valence-corrected chi connectivity index (χ4v) is 1.53. The number of hydrogen-bond acceptors (Lipinski definition) is 3. The predicted octanol–water partition coefficient (Wildman–Crippen LogP) is 1.86. The van der Waals surface area contributed by atoms with Crippen LogP contribution < -0.4 is 5.90 Å². The van der Waals surface area contributed by atoms with E-state index in [9.17, 15) is 4.79 Å².